The van der Waals surface area contributed by atoms with E-state index in [1.54, 1.807) is 13.8 Å². The molecular formula is C20H38F10O10Si2. The average molecular weight is 685 g/mol. The van der Waals surface area contributed by atoms with E-state index in [-0.39, 0.29) is 6.10 Å². The smallest absolute Gasteiger partial charge is 0.394 e. The number of hydrogen-bond donors (Lipinski definition) is 1. The van der Waals surface area contributed by atoms with Crippen LogP contribution in [0.1, 0.15) is 55.4 Å². The van der Waals surface area contributed by atoms with Gasteiger partial charge in [0.15, 0.2) is 0 Å². The molecule has 10 nitrogen and oxygen atoms in total. The predicted molar refractivity (Wildman–Crippen MR) is 127 cm³/mol. The molecule has 1 N–H and O–H groups in total. The molecular weight excluding hydrogens is 646 g/mol. The fraction of sp³-hybridized carbons (Fsp3) is 1.00. The topological polar surface area (TPSA) is 103 Å². The second-order valence-electron chi connectivity index (χ2n) is 7.64. The standard InChI is InChI=1S/C17H30F10O9Si2.C3H8O/c1-7-28-37(29-8-2,30-9-3)16(24,25)35-14(20,21)13(18,19)34-15(22,23)36-17(26,27)38(31-10-4,32-11-5)33-12-6;1-3(2)4/h7-12H2,1-6H3;3-4H,1-2H3. The van der Waals surface area contributed by atoms with Crippen molar-refractivity contribution >= 4 is 17.6 Å². The molecule has 0 spiro atoms. The fourth-order valence-corrected chi connectivity index (χ4v) is 6.90. The van der Waals surface area contributed by atoms with Gasteiger partial charge in [-0.25, -0.2) is 14.2 Å². The van der Waals surface area contributed by atoms with E-state index in [9.17, 15) is 43.9 Å². The lowest BCUT2D eigenvalue weighted by molar-refractivity contribution is -0.558. The largest absolute Gasteiger partial charge is 0.609 e. The van der Waals surface area contributed by atoms with Gasteiger partial charge in [0.1, 0.15) is 0 Å². The molecule has 0 rings (SSSR count). The van der Waals surface area contributed by atoms with Gasteiger partial charge in [0, 0.05) is 45.7 Å². The van der Waals surface area contributed by atoms with Crippen LogP contribution in [0.2, 0.25) is 0 Å². The van der Waals surface area contributed by atoms with Crippen LogP contribution in [0.3, 0.4) is 0 Å². The Bertz CT molecular complexity index is 718. The molecule has 0 heterocycles. The zero-order valence-corrected chi connectivity index (χ0v) is 26.2. The summed E-state index contributed by atoms with van der Waals surface area (Å²) < 4.78 is 179. The van der Waals surface area contributed by atoms with Crippen LogP contribution in [0.5, 0.6) is 0 Å². The molecule has 0 aliphatic heterocycles. The maximum Gasteiger partial charge on any atom is 0.609 e. The van der Waals surface area contributed by atoms with Crippen LogP contribution in [-0.4, -0.2) is 98.4 Å². The van der Waals surface area contributed by atoms with Crippen molar-refractivity contribution in [3.05, 3.63) is 0 Å². The van der Waals surface area contributed by atoms with Crippen molar-refractivity contribution in [3.8, 4) is 0 Å². The molecule has 42 heavy (non-hydrogen) atoms. The third-order valence-corrected chi connectivity index (χ3v) is 9.45. The molecule has 0 fully saturated rings. The number of aliphatic hydroxyl groups is 1. The molecule has 22 heteroatoms. The van der Waals surface area contributed by atoms with Crippen molar-refractivity contribution in [3.63, 3.8) is 0 Å². The molecule has 0 saturated heterocycles. The second-order valence-corrected chi connectivity index (χ2v) is 12.8. The van der Waals surface area contributed by atoms with E-state index < -0.39 is 87.2 Å². The Kier molecular flexibility index (Phi) is 18.3. The van der Waals surface area contributed by atoms with Crippen LogP contribution in [-0.2, 0) is 40.8 Å². The molecule has 0 aromatic heterocycles. The highest BCUT2D eigenvalue weighted by Crippen LogP contribution is 2.47. The molecule has 0 bridgehead atoms. The lowest BCUT2D eigenvalue weighted by atomic mass is 10.5. The highest BCUT2D eigenvalue weighted by atomic mass is 28.4. The summed E-state index contributed by atoms with van der Waals surface area (Å²) in [4.78, 5) is 0. The number of aliphatic hydroxyl groups excluding tert-OH is 1. The van der Waals surface area contributed by atoms with E-state index in [0.717, 1.165) is 41.5 Å². The SMILES string of the molecule is CC(C)O.CCO[Si](OCC)(OCC)C(F)(F)OC(F)(F)OC(F)(F)C(F)(F)OC(F)(F)[Si](OCC)(OCC)OCC. The molecule has 0 aromatic rings. The first-order chi connectivity index (χ1) is 19.0. The Morgan fingerprint density at radius 3 is 0.929 bits per heavy atom. The van der Waals surface area contributed by atoms with Gasteiger partial charge in [0.25, 0.3) is 0 Å². The number of halogens is 10. The summed E-state index contributed by atoms with van der Waals surface area (Å²) in [6.07, 6.45) is -19.8. The number of hydrogen-bond acceptors (Lipinski definition) is 10. The van der Waals surface area contributed by atoms with Crippen molar-refractivity contribution in [2.24, 2.45) is 0 Å². The summed E-state index contributed by atoms with van der Waals surface area (Å²) in [5.74, 6) is 0. The first-order valence-corrected chi connectivity index (χ1v) is 15.9. The molecule has 0 amide bonds. The van der Waals surface area contributed by atoms with E-state index in [0.29, 0.717) is 0 Å². The van der Waals surface area contributed by atoms with Gasteiger partial charge in [0.2, 0.25) is 0 Å². The van der Waals surface area contributed by atoms with Gasteiger partial charge in [-0.2, -0.15) is 35.1 Å². The van der Waals surface area contributed by atoms with E-state index in [4.69, 9.17) is 5.11 Å². The van der Waals surface area contributed by atoms with Gasteiger partial charge < -0.3 is 31.7 Å². The molecule has 0 saturated carbocycles. The normalized spacial score (nSPS) is 14.3. The predicted octanol–water partition coefficient (Wildman–Crippen LogP) is 5.52. The van der Waals surface area contributed by atoms with Crippen LogP contribution in [0.25, 0.3) is 0 Å². The Morgan fingerprint density at radius 2 is 0.690 bits per heavy atom. The van der Waals surface area contributed by atoms with Crippen molar-refractivity contribution in [2.75, 3.05) is 39.6 Å². The summed E-state index contributed by atoms with van der Waals surface area (Å²) in [5, 5.41) is 8.06. The van der Waals surface area contributed by atoms with Gasteiger partial charge in [-0.15, -0.1) is 8.78 Å². The zero-order chi connectivity index (χ0) is 33.7. The van der Waals surface area contributed by atoms with Gasteiger partial charge in [-0.05, 0) is 55.4 Å². The number of rotatable bonds is 21. The van der Waals surface area contributed by atoms with Crippen LogP contribution in [0, 0.1) is 0 Å². The van der Waals surface area contributed by atoms with Crippen LogP contribution in [0.15, 0.2) is 0 Å². The van der Waals surface area contributed by atoms with Crippen LogP contribution in [0.4, 0.5) is 43.9 Å². The van der Waals surface area contributed by atoms with Gasteiger partial charge in [-0.3, -0.25) is 0 Å². The summed E-state index contributed by atoms with van der Waals surface area (Å²) in [6.45, 7) is 6.24. The zero-order valence-electron chi connectivity index (χ0n) is 24.2. The lowest BCUT2D eigenvalue weighted by Gasteiger charge is -2.38. The minimum absolute atomic E-state index is 0.167. The van der Waals surface area contributed by atoms with Crippen molar-refractivity contribution < 1.29 is 89.8 Å². The summed E-state index contributed by atoms with van der Waals surface area (Å²) >= 11 is 0. The molecule has 0 aliphatic rings. The maximum absolute atomic E-state index is 14.7. The van der Waals surface area contributed by atoms with E-state index in [2.05, 4.69) is 40.8 Å². The third-order valence-electron chi connectivity index (χ3n) is 3.81. The number of ether oxygens (including phenoxy) is 3. The molecule has 0 atom stereocenters. The molecule has 256 valence electrons. The van der Waals surface area contributed by atoms with Crippen molar-refractivity contribution in [1.82, 2.24) is 0 Å². The monoisotopic (exact) mass is 684 g/mol. The van der Waals surface area contributed by atoms with Gasteiger partial charge in [-0.1, -0.05) is 0 Å². The maximum atomic E-state index is 14.7. The molecule has 0 unspecified atom stereocenters. The minimum atomic E-state index is -6.71. The Labute approximate surface area is 239 Å². The van der Waals surface area contributed by atoms with Gasteiger partial charge in [0.05, 0.1) is 0 Å². The molecule has 0 aromatic carbocycles. The summed E-state index contributed by atoms with van der Waals surface area (Å²) in [5.41, 5.74) is -10.8. The second kappa shape index (κ2) is 17.7. The quantitative estimate of drug-likeness (QED) is 0.0945. The Hall–Kier alpha value is -0.666. The highest BCUT2D eigenvalue weighted by Gasteiger charge is 2.77. The first-order valence-electron chi connectivity index (χ1n) is 12.5. The lowest BCUT2D eigenvalue weighted by Crippen LogP contribution is -2.66. The van der Waals surface area contributed by atoms with E-state index in [1.165, 1.54) is 0 Å². The summed E-state index contributed by atoms with van der Waals surface area (Å²) in [6, 6.07) is 0. The van der Waals surface area contributed by atoms with Gasteiger partial charge >= 0.3 is 47.6 Å². The number of alkyl halides is 10. The Balaban J connectivity index is 0. The fourth-order valence-electron chi connectivity index (χ4n) is 2.62. The molecule has 0 radical (unpaired) electrons. The Morgan fingerprint density at radius 1 is 0.476 bits per heavy atom. The first kappa shape index (κ1) is 43.5. The molecule has 0 aliphatic carbocycles. The van der Waals surface area contributed by atoms with Crippen molar-refractivity contribution in [2.45, 2.75) is 91.5 Å². The summed E-state index contributed by atoms with van der Waals surface area (Å²) in [7, 11) is -11.3. The highest BCUT2D eigenvalue weighted by molar-refractivity contribution is 6.63. The average Bonchev–Trinajstić information content (AvgIpc) is 2.77. The minimum Gasteiger partial charge on any atom is -0.394 e. The van der Waals surface area contributed by atoms with E-state index in [1.807, 2.05) is 0 Å². The van der Waals surface area contributed by atoms with Crippen LogP contribution < -0.4 is 0 Å². The van der Waals surface area contributed by atoms with E-state index >= 15 is 0 Å². The van der Waals surface area contributed by atoms with Crippen molar-refractivity contribution in [1.29, 1.82) is 0 Å². The van der Waals surface area contributed by atoms with Crippen LogP contribution >= 0.6 is 0 Å². The third kappa shape index (κ3) is 12.4.